The molecule has 302 valence electrons. The van der Waals surface area contributed by atoms with Gasteiger partial charge in [0.1, 0.15) is 0 Å². The SMILES string of the molecule is CN(C)CCCN(c1ccccc1C(=O)c1ccccc1)c1ncccc1[N+](=O)[O-].CN(C)CCc1ccnc(Nc2ccccc2C(=O)c2ccccc2)c1[N+](=O)[O-]. The number of nitro groups is 2. The lowest BCUT2D eigenvalue weighted by Crippen LogP contribution is -2.26. The minimum atomic E-state index is -0.442. The third-order valence-electron chi connectivity index (χ3n) is 9.16. The van der Waals surface area contributed by atoms with Crippen molar-refractivity contribution in [3.8, 4) is 0 Å². The van der Waals surface area contributed by atoms with Gasteiger partial charge in [-0.1, -0.05) is 84.9 Å². The predicted molar refractivity (Wildman–Crippen MR) is 230 cm³/mol. The predicted octanol–water partition coefficient (Wildman–Crippen LogP) is 8.38. The van der Waals surface area contributed by atoms with Crippen LogP contribution in [-0.2, 0) is 6.42 Å². The maximum absolute atomic E-state index is 13.2. The van der Waals surface area contributed by atoms with Gasteiger partial charge in [0, 0.05) is 59.4 Å². The van der Waals surface area contributed by atoms with Crippen LogP contribution in [-0.4, -0.2) is 89.0 Å². The van der Waals surface area contributed by atoms with Gasteiger partial charge in [0.25, 0.3) is 0 Å². The first-order valence-electron chi connectivity index (χ1n) is 18.9. The number of hydrogen-bond acceptors (Lipinski definition) is 12. The number of anilines is 4. The summed E-state index contributed by atoms with van der Waals surface area (Å²) in [5, 5.41) is 26.4. The van der Waals surface area contributed by atoms with Crippen LogP contribution in [0.5, 0.6) is 0 Å². The van der Waals surface area contributed by atoms with E-state index >= 15 is 0 Å². The third-order valence-corrected chi connectivity index (χ3v) is 9.16. The fourth-order valence-corrected chi connectivity index (χ4v) is 6.27. The molecule has 0 aliphatic carbocycles. The van der Waals surface area contributed by atoms with Crippen LogP contribution in [0.25, 0.3) is 0 Å². The van der Waals surface area contributed by atoms with Crippen LogP contribution < -0.4 is 10.2 Å². The van der Waals surface area contributed by atoms with E-state index in [0.717, 1.165) is 13.0 Å². The maximum atomic E-state index is 13.2. The third kappa shape index (κ3) is 11.5. The number of carbonyl (C=O) groups excluding carboxylic acids is 2. The highest BCUT2D eigenvalue weighted by Crippen LogP contribution is 2.35. The average Bonchev–Trinajstić information content (AvgIpc) is 3.25. The molecule has 0 saturated carbocycles. The van der Waals surface area contributed by atoms with Crippen molar-refractivity contribution in [2.45, 2.75) is 12.8 Å². The van der Waals surface area contributed by atoms with Gasteiger partial charge in [-0.05, 0) is 84.0 Å². The summed E-state index contributed by atoms with van der Waals surface area (Å²) >= 11 is 0. The van der Waals surface area contributed by atoms with Crippen molar-refractivity contribution in [1.82, 2.24) is 19.8 Å². The summed E-state index contributed by atoms with van der Waals surface area (Å²) in [7, 11) is 7.77. The molecule has 0 atom stereocenters. The quantitative estimate of drug-likeness (QED) is 0.0533. The second kappa shape index (κ2) is 20.8. The molecule has 0 aliphatic heterocycles. The van der Waals surface area contributed by atoms with Crippen LogP contribution in [0.4, 0.5) is 34.4 Å². The van der Waals surface area contributed by atoms with Gasteiger partial charge in [-0.3, -0.25) is 29.8 Å². The number of aromatic nitrogens is 2. The molecule has 6 aromatic rings. The number of ketones is 2. The molecule has 14 nitrogen and oxygen atoms in total. The molecule has 0 bridgehead atoms. The summed E-state index contributed by atoms with van der Waals surface area (Å²) in [6.07, 6.45) is 4.34. The summed E-state index contributed by atoms with van der Waals surface area (Å²) in [6.45, 7) is 1.95. The summed E-state index contributed by atoms with van der Waals surface area (Å²) in [4.78, 5) is 62.9. The molecule has 59 heavy (non-hydrogen) atoms. The van der Waals surface area contributed by atoms with Gasteiger partial charge < -0.3 is 20.0 Å². The Hall–Kier alpha value is -7.16. The molecule has 4 aromatic carbocycles. The van der Waals surface area contributed by atoms with Crippen molar-refractivity contribution >= 4 is 46.0 Å². The van der Waals surface area contributed by atoms with Gasteiger partial charge in [-0.25, -0.2) is 9.97 Å². The van der Waals surface area contributed by atoms with Crippen molar-refractivity contribution in [2.24, 2.45) is 0 Å². The van der Waals surface area contributed by atoms with Crippen molar-refractivity contribution in [3.63, 3.8) is 0 Å². The lowest BCUT2D eigenvalue weighted by molar-refractivity contribution is -0.384. The van der Waals surface area contributed by atoms with E-state index in [2.05, 4.69) is 15.3 Å². The van der Waals surface area contributed by atoms with E-state index in [-0.39, 0.29) is 34.6 Å². The van der Waals surface area contributed by atoms with Crippen molar-refractivity contribution < 1.29 is 19.4 Å². The normalized spacial score (nSPS) is 10.7. The molecule has 1 N–H and O–H groups in total. The Morgan fingerprint density at radius 3 is 1.80 bits per heavy atom. The molecule has 6 rings (SSSR count). The van der Waals surface area contributed by atoms with Gasteiger partial charge in [-0.15, -0.1) is 0 Å². The zero-order valence-corrected chi connectivity index (χ0v) is 33.4. The zero-order chi connectivity index (χ0) is 42.3. The Labute approximate surface area is 343 Å². The first kappa shape index (κ1) is 43.0. The van der Waals surface area contributed by atoms with E-state index in [1.54, 1.807) is 96.0 Å². The number of benzene rings is 4. The van der Waals surface area contributed by atoms with Gasteiger partial charge in [0.15, 0.2) is 11.6 Å². The molecular weight excluding hydrogens is 749 g/mol. The second-order valence-electron chi connectivity index (χ2n) is 14.0. The Bertz CT molecular complexity index is 2370. The lowest BCUT2D eigenvalue weighted by atomic mass is 10.0. The summed E-state index contributed by atoms with van der Waals surface area (Å²) in [6, 6.07) is 36.7. The number of hydrogen-bond donors (Lipinski definition) is 1. The number of pyridine rings is 2. The van der Waals surface area contributed by atoms with E-state index in [4.69, 9.17) is 0 Å². The highest BCUT2D eigenvalue weighted by Gasteiger charge is 2.26. The standard InChI is InChI=1S/C23H24N4O3.C22H22N4O3/c1-25(2)16-9-17-26(23-21(27(29)30)14-8-15-24-23)20-13-7-6-12-19(20)22(28)18-10-4-3-5-11-18;1-25(2)15-13-16-12-14-23-22(20(16)26(28)29)24-19-11-7-6-10-18(19)21(27)17-8-4-3-5-9-17/h3-8,10-15H,9,16-17H2,1-2H3;3-12,14H,13,15H2,1-2H3,(H,23,24). The maximum Gasteiger partial charge on any atom is 0.314 e. The Kier molecular flexibility index (Phi) is 15.2. The number of para-hydroxylation sites is 2. The smallest absolute Gasteiger partial charge is 0.314 e. The first-order valence-corrected chi connectivity index (χ1v) is 18.9. The van der Waals surface area contributed by atoms with Gasteiger partial charge in [-0.2, -0.15) is 0 Å². The van der Waals surface area contributed by atoms with E-state index in [1.807, 2.05) is 74.4 Å². The molecular formula is C45H46N8O6. The van der Waals surface area contributed by atoms with E-state index in [0.29, 0.717) is 58.7 Å². The molecule has 0 amide bonds. The van der Waals surface area contributed by atoms with E-state index in [1.165, 1.54) is 12.3 Å². The summed E-state index contributed by atoms with van der Waals surface area (Å²) in [5.74, 6) is 0.0524. The van der Waals surface area contributed by atoms with Gasteiger partial charge >= 0.3 is 11.4 Å². The monoisotopic (exact) mass is 794 g/mol. The Morgan fingerprint density at radius 2 is 1.19 bits per heavy atom. The number of nitrogens with one attached hydrogen (secondary N) is 1. The van der Waals surface area contributed by atoms with Crippen molar-refractivity contribution in [2.75, 3.05) is 58.0 Å². The average molecular weight is 795 g/mol. The molecule has 0 aliphatic rings. The van der Waals surface area contributed by atoms with Crippen LogP contribution in [0.1, 0.15) is 43.8 Å². The molecule has 2 aromatic heterocycles. The Balaban J connectivity index is 0.000000224. The van der Waals surface area contributed by atoms with Crippen molar-refractivity contribution in [3.05, 3.63) is 188 Å². The molecule has 2 heterocycles. The number of nitrogens with zero attached hydrogens (tertiary/aromatic N) is 7. The first-order chi connectivity index (χ1) is 28.5. The highest BCUT2D eigenvalue weighted by atomic mass is 16.6. The number of carbonyl (C=O) groups is 2. The van der Waals surface area contributed by atoms with Gasteiger partial charge in [0.05, 0.1) is 21.2 Å². The largest absolute Gasteiger partial charge is 0.334 e. The summed E-state index contributed by atoms with van der Waals surface area (Å²) < 4.78 is 0. The zero-order valence-electron chi connectivity index (χ0n) is 33.4. The fourth-order valence-electron chi connectivity index (χ4n) is 6.27. The molecule has 14 heteroatoms. The minimum Gasteiger partial charge on any atom is -0.334 e. The van der Waals surface area contributed by atoms with Crippen LogP contribution in [0.2, 0.25) is 0 Å². The number of rotatable bonds is 17. The topological polar surface area (TPSA) is 168 Å². The molecule has 0 spiro atoms. The second-order valence-corrected chi connectivity index (χ2v) is 14.0. The van der Waals surface area contributed by atoms with Crippen LogP contribution in [0.15, 0.2) is 140 Å². The molecule has 0 saturated heterocycles. The highest BCUT2D eigenvalue weighted by molar-refractivity contribution is 6.13. The van der Waals surface area contributed by atoms with Crippen LogP contribution >= 0.6 is 0 Å². The van der Waals surface area contributed by atoms with Crippen LogP contribution in [0, 0.1) is 20.2 Å². The van der Waals surface area contributed by atoms with Crippen LogP contribution in [0.3, 0.4) is 0 Å². The van der Waals surface area contributed by atoms with E-state index < -0.39 is 9.85 Å². The van der Waals surface area contributed by atoms with Crippen molar-refractivity contribution in [1.29, 1.82) is 0 Å². The minimum absolute atomic E-state index is 0.0729. The number of likely N-dealkylation sites (N-methyl/N-ethyl adjacent to an activating group) is 1. The molecule has 0 fully saturated rings. The Morgan fingerprint density at radius 1 is 0.610 bits per heavy atom. The molecule has 0 radical (unpaired) electrons. The van der Waals surface area contributed by atoms with Gasteiger partial charge in [0.2, 0.25) is 11.6 Å². The summed E-state index contributed by atoms with van der Waals surface area (Å²) in [5.41, 5.74) is 3.52. The fraction of sp³-hybridized carbons (Fsp3) is 0.200. The lowest BCUT2D eigenvalue weighted by Gasteiger charge is -2.26. The molecule has 0 unspecified atom stereocenters. The van der Waals surface area contributed by atoms with E-state index in [9.17, 15) is 29.8 Å².